The molecule has 1 atom stereocenters. The number of rotatable bonds is 4. The fourth-order valence-electron chi connectivity index (χ4n) is 3.37. The van der Waals surface area contributed by atoms with Crippen LogP contribution in [0.15, 0.2) is 36.0 Å². The fraction of sp³-hybridized carbons (Fsp3) is 0.524. The van der Waals surface area contributed by atoms with Gasteiger partial charge in [0.05, 0.1) is 17.1 Å². The van der Waals surface area contributed by atoms with Gasteiger partial charge in [0.1, 0.15) is 5.60 Å². The van der Waals surface area contributed by atoms with Gasteiger partial charge in [-0.25, -0.2) is 4.79 Å². The number of carbonyl (C=O) groups is 1. The second kappa shape index (κ2) is 8.93. The molecule has 1 aromatic heterocycles. The third kappa shape index (κ3) is 5.95. The largest absolute Gasteiger partial charge is 0.444 e. The summed E-state index contributed by atoms with van der Waals surface area (Å²) >= 11 is 1.46. The van der Waals surface area contributed by atoms with Crippen LogP contribution in [0.4, 0.5) is 18.0 Å². The zero-order chi connectivity index (χ0) is 21.9. The van der Waals surface area contributed by atoms with E-state index in [4.69, 9.17) is 4.74 Å². The summed E-state index contributed by atoms with van der Waals surface area (Å²) < 4.78 is 44.1. The predicted molar refractivity (Wildman–Crippen MR) is 109 cm³/mol. The van der Waals surface area contributed by atoms with Crippen LogP contribution in [0.5, 0.6) is 0 Å². The third-order valence-corrected chi connectivity index (χ3v) is 5.70. The molecule has 1 unspecified atom stereocenters. The zero-order valence-electron chi connectivity index (χ0n) is 17.2. The highest BCUT2D eigenvalue weighted by Crippen LogP contribution is 2.32. The first-order chi connectivity index (χ1) is 14.0. The summed E-state index contributed by atoms with van der Waals surface area (Å²) in [6.45, 7) is 6.64. The van der Waals surface area contributed by atoms with Crippen molar-refractivity contribution in [2.75, 3.05) is 13.1 Å². The summed E-state index contributed by atoms with van der Waals surface area (Å²) in [5.74, 6) is 0. The van der Waals surface area contributed by atoms with Crippen LogP contribution in [0.2, 0.25) is 0 Å². The lowest BCUT2D eigenvalue weighted by atomic mass is 9.99. The van der Waals surface area contributed by atoms with Crippen molar-refractivity contribution in [1.29, 1.82) is 0 Å². The van der Waals surface area contributed by atoms with Crippen molar-refractivity contribution in [2.24, 2.45) is 0 Å². The Bertz CT molecular complexity index is 825. The number of likely N-dealkylation sites (tertiary alicyclic amines) is 1. The Labute approximate surface area is 178 Å². The molecule has 30 heavy (non-hydrogen) atoms. The van der Waals surface area contributed by atoms with Crippen molar-refractivity contribution in [1.82, 2.24) is 15.2 Å². The SMILES string of the molecule is CC(C)(C)OC(=O)N1CCC(NC(c2ccc(C(F)(F)F)cc2)c2cncs2)CC1. The molecule has 1 fully saturated rings. The second-order valence-electron chi connectivity index (χ2n) is 8.36. The number of benzene rings is 1. The van der Waals surface area contributed by atoms with Gasteiger partial charge in [0, 0.05) is 30.2 Å². The molecule has 1 amide bonds. The fourth-order valence-corrected chi connectivity index (χ4v) is 4.07. The highest BCUT2D eigenvalue weighted by molar-refractivity contribution is 7.09. The normalized spacial score (nSPS) is 17.1. The number of aromatic nitrogens is 1. The van der Waals surface area contributed by atoms with Gasteiger partial charge in [0.15, 0.2) is 0 Å². The Morgan fingerprint density at radius 1 is 1.20 bits per heavy atom. The van der Waals surface area contributed by atoms with E-state index in [0.717, 1.165) is 35.4 Å². The number of nitrogens with one attached hydrogen (secondary N) is 1. The molecule has 1 aliphatic rings. The number of carbonyl (C=O) groups excluding carboxylic acids is 1. The number of nitrogens with zero attached hydrogens (tertiary/aromatic N) is 2. The molecule has 1 aromatic carbocycles. The van der Waals surface area contributed by atoms with E-state index in [1.165, 1.54) is 23.5 Å². The van der Waals surface area contributed by atoms with E-state index < -0.39 is 17.3 Å². The number of hydrogen-bond donors (Lipinski definition) is 1. The molecule has 0 spiro atoms. The molecule has 2 heterocycles. The van der Waals surface area contributed by atoms with Gasteiger partial charge >= 0.3 is 12.3 Å². The van der Waals surface area contributed by atoms with Gasteiger partial charge in [0.25, 0.3) is 0 Å². The molecule has 2 aromatic rings. The van der Waals surface area contributed by atoms with Crippen LogP contribution in [0, 0.1) is 0 Å². The van der Waals surface area contributed by atoms with Crippen molar-refractivity contribution in [3.63, 3.8) is 0 Å². The van der Waals surface area contributed by atoms with Crippen molar-refractivity contribution >= 4 is 17.4 Å². The van der Waals surface area contributed by atoms with Gasteiger partial charge in [-0.05, 0) is 51.3 Å². The van der Waals surface area contributed by atoms with Gasteiger partial charge < -0.3 is 15.0 Å². The Kier molecular flexibility index (Phi) is 6.71. The molecule has 9 heteroatoms. The molecule has 0 saturated carbocycles. The van der Waals surface area contributed by atoms with Crippen molar-refractivity contribution < 1.29 is 22.7 Å². The summed E-state index contributed by atoms with van der Waals surface area (Å²) in [5.41, 5.74) is 1.26. The average Bonchev–Trinajstić information content (AvgIpc) is 3.19. The first-order valence-electron chi connectivity index (χ1n) is 9.82. The van der Waals surface area contributed by atoms with Gasteiger partial charge in [-0.3, -0.25) is 4.98 Å². The monoisotopic (exact) mass is 441 g/mol. The molecule has 1 aliphatic heterocycles. The number of ether oxygens (including phenoxy) is 1. The maximum Gasteiger partial charge on any atom is 0.416 e. The molecule has 1 N–H and O–H groups in total. The van der Waals surface area contributed by atoms with E-state index in [9.17, 15) is 18.0 Å². The molecule has 5 nitrogen and oxygen atoms in total. The predicted octanol–water partition coefficient (Wildman–Crippen LogP) is 5.24. The topological polar surface area (TPSA) is 54.5 Å². The molecular weight excluding hydrogens is 415 g/mol. The Morgan fingerprint density at radius 3 is 2.33 bits per heavy atom. The summed E-state index contributed by atoms with van der Waals surface area (Å²) in [5, 5.41) is 3.55. The third-order valence-electron chi connectivity index (χ3n) is 4.86. The minimum absolute atomic E-state index is 0.123. The molecule has 0 aliphatic carbocycles. The molecule has 164 valence electrons. The van der Waals surface area contributed by atoms with Crippen molar-refractivity contribution in [3.05, 3.63) is 52.0 Å². The molecule has 1 saturated heterocycles. The Morgan fingerprint density at radius 2 is 1.83 bits per heavy atom. The number of alkyl halides is 3. The lowest BCUT2D eigenvalue weighted by Crippen LogP contribution is -2.47. The lowest BCUT2D eigenvalue weighted by molar-refractivity contribution is -0.137. The van der Waals surface area contributed by atoms with E-state index in [1.54, 1.807) is 16.6 Å². The highest BCUT2D eigenvalue weighted by Gasteiger charge is 2.31. The van der Waals surface area contributed by atoms with Crippen LogP contribution in [0.1, 0.15) is 55.7 Å². The maximum atomic E-state index is 12.9. The van der Waals surface area contributed by atoms with Gasteiger partial charge in [-0.15, -0.1) is 11.3 Å². The van der Waals surface area contributed by atoms with Crippen LogP contribution in [-0.4, -0.2) is 40.7 Å². The van der Waals surface area contributed by atoms with Crippen LogP contribution in [0.25, 0.3) is 0 Å². The summed E-state index contributed by atoms with van der Waals surface area (Å²) in [7, 11) is 0. The van der Waals surface area contributed by atoms with E-state index in [-0.39, 0.29) is 18.2 Å². The summed E-state index contributed by atoms with van der Waals surface area (Å²) in [6, 6.07) is 5.11. The minimum atomic E-state index is -4.36. The first-order valence-corrected chi connectivity index (χ1v) is 10.7. The molecule has 0 radical (unpaired) electrons. The van der Waals surface area contributed by atoms with E-state index in [0.29, 0.717) is 13.1 Å². The molecule has 0 bridgehead atoms. The first kappa shape index (κ1) is 22.6. The number of piperidine rings is 1. The quantitative estimate of drug-likeness (QED) is 0.705. The van der Waals surface area contributed by atoms with E-state index >= 15 is 0 Å². The van der Waals surface area contributed by atoms with Crippen molar-refractivity contribution in [3.8, 4) is 0 Å². The molecular formula is C21H26F3N3O2S. The average molecular weight is 442 g/mol. The lowest BCUT2D eigenvalue weighted by Gasteiger charge is -2.35. The van der Waals surface area contributed by atoms with Crippen LogP contribution >= 0.6 is 11.3 Å². The van der Waals surface area contributed by atoms with E-state index in [1.807, 2.05) is 20.8 Å². The Hall–Kier alpha value is -2.13. The minimum Gasteiger partial charge on any atom is -0.444 e. The van der Waals surface area contributed by atoms with Crippen LogP contribution in [0.3, 0.4) is 0 Å². The van der Waals surface area contributed by atoms with Crippen LogP contribution < -0.4 is 5.32 Å². The maximum absolute atomic E-state index is 12.9. The number of halogens is 3. The van der Waals surface area contributed by atoms with Gasteiger partial charge in [-0.2, -0.15) is 13.2 Å². The number of thiazole rings is 1. The standard InChI is InChI=1S/C21H26F3N3O2S/c1-20(2,3)29-19(28)27-10-8-16(9-11-27)26-18(17-12-25-13-30-17)14-4-6-15(7-5-14)21(22,23)24/h4-7,12-13,16,18,26H,8-11H2,1-3H3. The zero-order valence-corrected chi connectivity index (χ0v) is 18.0. The number of hydrogen-bond acceptors (Lipinski definition) is 5. The van der Waals surface area contributed by atoms with Gasteiger partial charge in [0.2, 0.25) is 0 Å². The van der Waals surface area contributed by atoms with Crippen molar-refractivity contribution in [2.45, 2.75) is 57.5 Å². The molecule has 3 rings (SSSR count). The highest BCUT2D eigenvalue weighted by atomic mass is 32.1. The van der Waals surface area contributed by atoms with Gasteiger partial charge in [-0.1, -0.05) is 12.1 Å². The smallest absolute Gasteiger partial charge is 0.416 e. The van der Waals surface area contributed by atoms with E-state index in [2.05, 4.69) is 10.3 Å². The number of amides is 1. The Balaban J connectivity index is 1.67. The summed E-state index contributed by atoms with van der Waals surface area (Å²) in [4.78, 5) is 19.0. The second-order valence-corrected chi connectivity index (χ2v) is 9.28. The summed E-state index contributed by atoms with van der Waals surface area (Å²) in [6.07, 6.45) is -1.48. The van der Waals surface area contributed by atoms with Crippen LogP contribution in [-0.2, 0) is 10.9 Å².